The second-order valence-electron chi connectivity index (χ2n) is 5.44. The van der Waals surface area contributed by atoms with Crippen LogP contribution in [-0.2, 0) is 11.3 Å². The molecule has 5 heteroatoms. The Morgan fingerprint density at radius 1 is 1.29 bits per heavy atom. The van der Waals surface area contributed by atoms with Crippen molar-refractivity contribution >= 4 is 27.5 Å². The van der Waals surface area contributed by atoms with Crippen LogP contribution in [0.25, 0.3) is 0 Å². The van der Waals surface area contributed by atoms with E-state index in [2.05, 4.69) is 51.3 Å². The first-order valence-electron chi connectivity index (χ1n) is 7.61. The third-order valence-corrected chi connectivity index (χ3v) is 4.35. The van der Waals surface area contributed by atoms with E-state index < -0.39 is 0 Å². The number of rotatable bonds is 5. The summed E-state index contributed by atoms with van der Waals surface area (Å²) in [6, 6.07) is 6.46. The predicted octanol–water partition coefficient (Wildman–Crippen LogP) is 2.62. The van der Waals surface area contributed by atoms with Gasteiger partial charge in [-0.3, -0.25) is 4.79 Å². The number of piperazine rings is 1. The number of amides is 1. The third-order valence-electron chi connectivity index (χ3n) is 3.86. The molecule has 0 spiro atoms. The van der Waals surface area contributed by atoms with Crippen molar-refractivity contribution in [1.29, 1.82) is 0 Å². The van der Waals surface area contributed by atoms with E-state index >= 15 is 0 Å². The predicted molar refractivity (Wildman–Crippen MR) is 90.6 cm³/mol. The molecule has 116 valence electrons. The minimum atomic E-state index is 0.175. The number of carbonyl (C=O) groups is 1. The van der Waals surface area contributed by atoms with E-state index in [-0.39, 0.29) is 5.91 Å². The maximum Gasteiger partial charge on any atom is 0.219 e. The van der Waals surface area contributed by atoms with Crippen molar-refractivity contribution in [2.24, 2.45) is 0 Å². The molecule has 0 aliphatic carbocycles. The second-order valence-corrected chi connectivity index (χ2v) is 6.36. The van der Waals surface area contributed by atoms with E-state index in [0.717, 1.165) is 50.2 Å². The van der Waals surface area contributed by atoms with Gasteiger partial charge in [-0.05, 0) is 30.7 Å². The third kappa shape index (κ3) is 4.45. The number of halogens is 1. The van der Waals surface area contributed by atoms with Crippen molar-refractivity contribution in [3.63, 3.8) is 0 Å². The highest BCUT2D eigenvalue weighted by Crippen LogP contribution is 2.26. The molecule has 1 saturated heterocycles. The zero-order valence-corrected chi connectivity index (χ0v) is 14.4. The van der Waals surface area contributed by atoms with Crippen LogP contribution in [0.15, 0.2) is 22.7 Å². The number of hydrogen-bond acceptors (Lipinski definition) is 3. The molecular weight excluding hydrogens is 330 g/mol. The molecule has 1 aliphatic rings. The summed E-state index contributed by atoms with van der Waals surface area (Å²) < 4.78 is 1.10. The van der Waals surface area contributed by atoms with Gasteiger partial charge in [0.05, 0.1) is 0 Å². The molecule has 1 amide bonds. The second kappa shape index (κ2) is 7.80. The summed E-state index contributed by atoms with van der Waals surface area (Å²) in [6.07, 6.45) is 1.14. The van der Waals surface area contributed by atoms with Gasteiger partial charge >= 0.3 is 0 Å². The highest BCUT2D eigenvalue weighted by Gasteiger charge is 2.20. The van der Waals surface area contributed by atoms with E-state index in [0.29, 0.717) is 0 Å². The fourth-order valence-electron chi connectivity index (χ4n) is 2.64. The SMILES string of the molecule is CCCNCc1ccc(Br)cc1N1CCN(C(C)=O)CC1. The maximum absolute atomic E-state index is 11.4. The molecule has 2 rings (SSSR count). The van der Waals surface area contributed by atoms with Crippen molar-refractivity contribution in [2.75, 3.05) is 37.6 Å². The van der Waals surface area contributed by atoms with Crippen LogP contribution in [0.1, 0.15) is 25.8 Å². The Bertz CT molecular complexity index is 484. The van der Waals surface area contributed by atoms with Crippen molar-refractivity contribution < 1.29 is 4.79 Å². The molecule has 0 radical (unpaired) electrons. The van der Waals surface area contributed by atoms with Crippen LogP contribution in [0.4, 0.5) is 5.69 Å². The molecule has 0 unspecified atom stereocenters. The monoisotopic (exact) mass is 353 g/mol. The highest BCUT2D eigenvalue weighted by atomic mass is 79.9. The zero-order valence-electron chi connectivity index (χ0n) is 12.9. The lowest BCUT2D eigenvalue weighted by atomic mass is 10.1. The van der Waals surface area contributed by atoms with Gasteiger partial charge in [0.2, 0.25) is 5.91 Å². The van der Waals surface area contributed by atoms with Crippen LogP contribution >= 0.6 is 15.9 Å². The lowest BCUT2D eigenvalue weighted by molar-refractivity contribution is -0.129. The minimum Gasteiger partial charge on any atom is -0.368 e. The fourth-order valence-corrected chi connectivity index (χ4v) is 2.99. The molecule has 1 fully saturated rings. The Balaban J connectivity index is 2.07. The summed E-state index contributed by atoms with van der Waals surface area (Å²) in [6.45, 7) is 9.17. The van der Waals surface area contributed by atoms with Gasteiger partial charge < -0.3 is 15.1 Å². The number of nitrogens with zero attached hydrogens (tertiary/aromatic N) is 2. The molecular formula is C16H24BrN3O. The number of nitrogens with one attached hydrogen (secondary N) is 1. The topological polar surface area (TPSA) is 35.6 Å². The lowest BCUT2D eigenvalue weighted by Gasteiger charge is -2.36. The van der Waals surface area contributed by atoms with Gasteiger partial charge in [-0.25, -0.2) is 0 Å². The van der Waals surface area contributed by atoms with Crippen LogP contribution in [0, 0.1) is 0 Å². The largest absolute Gasteiger partial charge is 0.368 e. The Morgan fingerprint density at radius 3 is 2.62 bits per heavy atom. The minimum absolute atomic E-state index is 0.175. The normalized spacial score (nSPS) is 15.4. The molecule has 4 nitrogen and oxygen atoms in total. The summed E-state index contributed by atoms with van der Waals surface area (Å²) >= 11 is 3.57. The van der Waals surface area contributed by atoms with Crippen molar-refractivity contribution in [2.45, 2.75) is 26.8 Å². The molecule has 1 N–H and O–H groups in total. The number of carbonyl (C=O) groups excluding carboxylic acids is 1. The Morgan fingerprint density at radius 2 is 2.00 bits per heavy atom. The Kier molecular flexibility index (Phi) is 6.06. The average molecular weight is 354 g/mol. The van der Waals surface area contributed by atoms with E-state index in [1.54, 1.807) is 6.92 Å². The van der Waals surface area contributed by atoms with Crippen molar-refractivity contribution in [1.82, 2.24) is 10.2 Å². The van der Waals surface area contributed by atoms with Gasteiger partial charge in [0.1, 0.15) is 0 Å². The molecule has 0 atom stereocenters. The summed E-state index contributed by atoms with van der Waals surface area (Å²) in [4.78, 5) is 15.7. The van der Waals surface area contributed by atoms with Gasteiger partial charge in [0.15, 0.2) is 0 Å². The number of anilines is 1. The molecule has 1 aliphatic heterocycles. The maximum atomic E-state index is 11.4. The van der Waals surface area contributed by atoms with Gasteiger partial charge in [-0.15, -0.1) is 0 Å². The molecule has 21 heavy (non-hydrogen) atoms. The molecule has 1 aromatic rings. The van der Waals surface area contributed by atoms with E-state index in [9.17, 15) is 4.79 Å². The quantitative estimate of drug-likeness (QED) is 0.826. The van der Waals surface area contributed by atoms with Crippen LogP contribution in [0.3, 0.4) is 0 Å². The summed E-state index contributed by atoms with van der Waals surface area (Å²) in [5.74, 6) is 0.175. The van der Waals surface area contributed by atoms with Crippen molar-refractivity contribution in [3.05, 3.63) is 28.2 Å². The first-order valence-corrected chi connectivity index (χ1v) is 8.40. The van der Waals surface area contributed by atoms with Gasteiger partial charge in [0.25, 0.3) is 0 Å². The smallest absolute Gasteiger partial charge is 0.219 e. The summed E-state index contributed by atoms with van der Waals surface area (Å²) in [5.41, 5.74) is 2.60. The van der Waals surface area contributed by atoms with E-state index in [4.69, 9.17) is 0 Å². The number of benzene rings is 1. The van der Waals surface area contributed by atoms with Gasteiger partial charge in [-0.1, -0.05) is 28.9 Å². The van der Waals surface area contributed by atoms with E-state index in [1.807, 2.05) is 4.90 Å². The van der Waals surface area contributed by atoms with Crippen LogP contribution in [-0.4, -0.2) is 43.5 Å². The first-order chi connectivity index (χ1) is 10.1. The fraction of sp³-hybridized carbons (Fsp3) is 0.562. The number of hydrogen-bond donors (Lipinski definition) is 1. The zero-order chi connectivity index (χ0) is 15.2. The Labute approximate surface area is 135 Å². The molecule has 1 heterocycles. The van der Waals surface area contributed by atoms with Gasteiger partial charge in [-0.2, -0.15) is 0 Å². The van der Waals surface area contributed by atoms with Crippen molar-refractivity contribution in [3.8, 4) is 0 Å². The highest BCUT2D eigenvalue weighted by molar-refractivity contribution is 9.10. The van der Waals surface area contributed by atoms with Crippen LogP contribution < -0.4 is 10.2 Å². The Hall–Kier alpha value is -1.07. The molecule has 0 saturated carbocycles. The summed E-state index contributed by atoms with van der Waals surface area (Å²) in [7, 11) is 0. The van der Waals surface area contributed by atoms with Gasteiger partial charge in [0, 0.05) is 49.8 Å². The lowest BCUT2D eigenvalue weighted by Crippen LogP contribution is -2.48. The molecule has 0 aromatic heterocycles. The standard InChI is InChI=1S/C16H24BrN3O/c1-3-6-18-12-14-4-5-15(17)11-16(14)20-9-7-19(8-10-20)13(2)21/h4-5,11,18H,3,6-10,12H2,1-2H3. The molecule has 1 aromatic carbocycles. The molecule has 0 bridgehead atoms. The summed E-state index contributed by atoms with van der Waals surface area (Å²) in [5, 5.41) is 3.47. The average Bonchev–Trinajstić information content (AvgIpc) is 2.49. The van der Waals surface area contributed by atoms with E-state index in [1.165, 1.54) is 11.3 Å². The van der Waals surface area contributed by atoms with Crippen LogP contribution in [0.5, 0.6) is 0 Å². The first kappa shape index (κ1) is 16.3. The van der Waals surface area contributed by atoms with Crippen LogP contribution in [0.2, 0.25) is 0 Å².